The van der Waals surface area contributed by atoms with Gasteiger partial charge in [0.25, 0.3) is 5.91 Å². The van der Waals surface area contributed by atoms with E-state index in [1.807, 2.05) is 31.2 Å². The van der Waals surface area contributed by atoms with Crippen LogP contribution in [0.1, 0.15) is 15.2 Å². The number of fused-ring (bicyclic) bond motifs is 1. The van der Waals surface area contributed by atoms with Gasteiger partial charge in [0.05, 0.1) is 17.1 Å². The molecule has 100 valence electrons. The highest BCUT2D eigenvalue weighted by molar-refractivity contribution is 7.21. The Morgan fingerprint density at radius 1 is 1.26 bits per heavy atom. The van der Waals surface area contributed by atoms with Crippen LogP contribution in [0.5, 0.6) is 0 Å². The summed E-state index contributed by atoms with van der Waals surface area (Å²) < 4.78 is 1.09. The molecular formula is C14H15NO3S. The maximum Gasteiger partial charge on any atom is 0.264 e. The molecule has 1 aliphatic rings. The highest BCUT2D eigenvalue weighted by Crippen LogP contribution is 2.32. The van der Waals surface area contributed by atoms with Crippen molar-refractivity contribution in [3.63, 3.8) is 0 Å². The van der Waals surface area contributed by atoms with E-state index in [-0.39, 0.29) is 19.0 Å². The van der Waals surface area contributed by atoms with Gasteiger partial charge in [-0.15, -0.1) is 11.3 Å². The van der Waals surface area contributed by atoms with Gasteiger partial charge in [0.2, 0.25) is 0 Å². The molecular weight excluding hydrogens is 262 g/mol. The van der Waals surface area contributed by atoms with Crippen molar-refractivity contribution in [1.29, 1.82) is 0 Å². The molecule has 2 atom stereocenters. The molecule has 1 aromatic carbocycles. The lowest BCUT2D eigenvalue weighted by molar-refractivity contribution is 0.0572. The van der Waals surface area contributed by atoms with E-state index in [4.69, 9.17) is 0 Å². The van der Waals surface area contributed by atoms with E-state index in [1.54, 1.807) is 0 Å². The Hall–Kier alpha value is -1.43. The van der Waals surface area contributed by atoms with Gasteiger partial charge < -0.3 is 15.1 Å². The van der Waals surface area contributed by atoms with Gasteiger partial charge in [-0.25, -0.2) is 0 Å². The van der Waals surface area contributed by atoms with Gasteiger partial charge in [-0.1, -0.05) is 18.2 Å². The van der Waals surface area contributed by atoms with Gasteiger partial charge in [-0.3, -0.25) is 4.79 Å². The Kier molecular flexibility index (Phi) is 3.05. The number of rotatable bonds is 1. The molecule has 0 unspecified atom stereocenters. The lowest BCUT2D eigenvalue weighted by atomic mass is 10.1. The largest absolute Gasteiger partial charge is 0.388 e. The molecule has 4 nitrogen and oxygen atoms in total. The summed E-state index contributed by atoms with van der Waals surface area (Å²) in [6, 6.07) is 7.92. The van der Waals surface area contributed by atoms with Gasteiger partial charge >= 0.3 is 0 Å². The Morgan fingerprint density at radius 2 is 1.89 bits per heavy atom. The van der Waals surface area contributed by atoms with E-state index >= 15 is 0 Å². The van der Waals surface area contributed by atoms with Crippen molar-refractivity contribution in [2.24, 2.45) is 0 Å². The van der Waals surface area contributed by atoms with Crippen molar-refractivity contribution < 1.29 is 15.0 Å². The summed E-state index contributed by atoms with van der Waals surface area (Å²) in [6.45, 7) is 2.34. The summed E-state index contributed by atoms with van der Waals surface area (Å²) in [5.74, 6) is -0.103. The van der Waals surface area contributed by atoms with Crippen LogP contribution in [0.3, 0.4) is 0 Å². The second-order valence-corrected chi connectivity index (χ2v) is 5.95. The molecule has 0 spiro atoms. The average molecular weight is 277 g/mol. The Bertz CT molecular complexity index is 627. The molecule has 1 saturated heterocycles. The van der Waals surface area contributed by atoms with Crippen molar-refractivity contribution in [3.8, 4) is 0 Å². The van der Waals surface area contributed by atoms with Gasteiger partial charge in [-0.2, -0.15) is 0 Å². The first-order chi connectivity index (χ1) is 9.08. The molecule has 1 aromatic heterocycles. The smallest absolute Gasteiger partial charge is 0.264 e. The molecule has 2 aromatic rings. The fourth-order valence-electron chi connectivity index (χ4n) is 2.46. The molecule has 0 aliphatic carbocycles. The third-order valence-electron chi connectivity index (χ3n) is 3.58. The normalized spacial score (nSPS) is 23.2. The Morgan fingerprint density at radius 3 is 2.53 bits per heavy atom. The van der Waals surface area contributed by atoms with Crippen LogP contribution in [0.15, 0.2) is 24.3 Å². The monoisotopic (exact) mass is 277 g/mol. The van der Waals surface area contributed by atoms with Crippen LogP contribution in [-0.2, 0) is 0 Å². The van der Waals surface area contributed by atoms with Crippen LogP contribution in [0.2, 0.25) is 0 Å². The zero-order valence-corrected chi connectivity index (χ0v) is 11.4. The molecule has 1 fully saturated rings. The second kappa shape index (κ2) is 4.59. The van der Waals surface area contributed by atoms with E-state index in [0.29, 0.717) is 4.88 Å². The van der Waals surface area contributed by atoms with Gasteiger partial charge in [0, 0.05) is 17.8 Å². The minimum absolute atomic E-state index is 0.103. The number of aliphatic hydroxyl groups is 2. The summed E-state index contributed by atoms with van der Waals surface area (Å²) in [5.41, 5.74) is 0.974. The number of nitrogens with zero attached hydrogens (tertiary/aromatic N) is 1. The predicted octanol–water partition coefficient (Wildman–Crippen LogP) is 1.39. The number of benzene rings is 1. The topological polar surface area (TPSA) is 60.8 Å². The SMILES string of the molecule is Cc1c(C(=O)N2C[C@@H](O)[C@@H](O)C2)sc2ccccc12. The van der Waals surface area contributed by atoms with E-state index in [2.05, 4.69) is 0 Å². The minimum Gasteiger partial charge on any atom is -0.388 e. The quantitative estimate of drug-likeness (QED) is 0.828. The number of thiophene rings is 1. The maximum atomic E-state index is 12.4. The number of amides is 1. The highest BCUT2D eigenvalue weighted by Gasteiger charge is 2.34. The fourth-order valence-corrected chi connectivity index (χ4v) is 3.63. The number of carbonyl (C=O) groups excluding carboxylic acids is 1. The first kappa shape index (κ1) is 12.6. The molecule has 2 heterocycles. The van der Waals surface area contributed by atoms with Crippen LogP contribution in [0.25, 0.3) is 10.1 Å². The molecule has 3 rings (SSSR count). The Balaban J connectivity index is 1.96. The van der Waals surface area contributed by atoms with E-state index < -0.39 is 12.2 Å². The number of carbonyl (C=O) groups is 1. The molecule has 0 bridgehead atoms. The van der Waals surface area contributed by atoms with Crippen molar-refractivity contribution in [1.82, 2.24) is 4.90 Å². The Labute approximate surface area is 114 Å². The molecule has 0 saturated carbocycles. The lowest BCUT2D eigenvalue weighted by Crippen LogP contribution is -2.29. The van der Waals surface area contributed by atoms with Gasteiger partial charge in [-0.05, 0) is 23.9 Å². The fraction of sp³-hybridized carbons (Fsp3) is 0.357. The number of hydrogen-bond acceptors (Lipinski definition) is 4. The molecule has 2 N–H and O–H groups in total. The van der Waals surface area contributed by atoms with Crippen LogP contribution in [0.4, 0.5) is 0 Å². The third kappa shape index (κ3) is 2.04. The predicted molar refractivity (Wildman–Crippen MR) is 74.5 cm³/mol. The van der Waals surface area contributed by atoms with Gasteiger partial charge in [0.1, 0.15) is 0 Å². The molecule has 0 radical (unpaired) electrons. The third-order valence-corrected chi connectivity index (χ3v) is 4.85. The summed E-state index contributed by atoms with van der Waals surface area (Å²) in [7, 11) is 0. The summed E-state index contributed by atoms with van der Waals surface area (Å²) in [6.07, 6.45) is -1.67. The van der Waals surface area contributed by atoms with Crippen molar-refractivity contribution in [3.05, 3.63) is 34.7 Å². The van der Waals surface area contributed by atoms with Crippen molar-refractivity contribution >= 4 is 27.3 Å². The average Bonchev–Trinajstić information content (AvgIpc) is 2.91. The number of likely N-dealkylation sites (tertiary alicyclic amines) is 1. The highest BCUT2D eigenvalue weighted by atomic mass is 32.1. The van der Waals surface area contributed by atoms with Crippen LogP contribution >= 0.6 is 11.3 Å². The molecule has 1 amide bonds. The number of β-amino-alcohol motifs (C(OH)–C–C–N with tert-alkyl or cyclic N) is 2. The standard InChI is InChI=1S/C14H15NO3S/c1-8-9-4-2-3-5-12(9)19-13(8)14(18)15-6-10(16)11(17)7-15/h2-5,10-11,16-17H,6-7H2,1H3/t10-,11+. The zero-order chi connectivity index (χ0) is 13.6. The summed E-state index contributed by atoms with van der Waals surface area (Å²) in [5, 5.41) is 20.2. The van der Waals surface area contributed by atoms with Crippen LogP contribution in [-0.4, -0.2) is 46.3 Å². The van der Waals surface area contributed by atoms with Crippen LogP contribution < -0.4 is 0 Å². The van der Waals surface area contributed by atoms with Crippen molar-refractivity contribution in [2.45, 2.75) is 19.1 Å². The summed E-state index contributed by atoms with van der Waals surface area (Å²) >= 11 is 1.47. The van der Waals surface area contributed by atoms with E-state index in [9.17, 15) is 15.0 Å². The van der Waals surface area contributed by atoms with E-state index in [1.165, 1.54) is 16.2 Å². The van der Waals surface area contributed by atoms with E-state index in [0.717, 1.165) is 15.6 Å². The summed E-state index contributed by atoms with van der Waals surface area (Å²) in [4.78, 5) is 14.7. The molecule has 5 heteroatoms. The van der Waals surface area contributed by atoms with Crippen LogP contribution in [0, 0.1) is 6.92 Å². The number of aryl methyl sites for hydroxylation is 1. The van der Waals surface area contributed by atoms with Gasteiger partial charge in [0.15, 0.2) is 0 Å². The first-order valence-corrected chi connectivity index (χ1v) is 7.03. The zero-order valence-electron chi connectivity index (χ0n) is 10.5. The minimum atomic E-state index is -0.835. The molecule has 19 heavy (non-hydrogen) atoms. The number of aliphatic hydroxyl groups excluding tert-OH is 2. The molecule has 1 aliphatic heterocycles. The van der Waals surface area contributed by atoms with Crippen molar-refractivity contribution in [2.75, 3.05) is 13.1 Å². The lowest BCUT2D eigenvalue weighted by Gasteiger charge is -2.14. The second-order valence-electron chi connectivity index (χ2n) is 4.90. The maximum absolute atomic E-state index is 12.4. The first-order valence-electron chi connectivity index (χ1n) is 6.21. The number of hydrogen-bond donors (Lipinski definition) is 2.